The second kappa shape index (κ2) is 5.70. The summed E-state index contributed by atoms with van der Waals surface area (Å²) < 4.78 is 0. The highest BCUT2D eigenvalue weighted by Gasteiger charge is 2.41. The van der Waals surface area contributed by atoms with Gasteiger partial charge in [0, 0.05) is 12.0 Å². The topological polar surface area (TPSA) is 23.5 Å². The molecule has 0 heterocycles. The number of hydrogen-bond acceptors (Lipinski definition) is 2. The van der Waals surface area contributed by atoms with Crippen molar-refractivity contribution in [2.75, 3.05) is 14.1 Å². The zero-order chi connectivity index (χ0) is 12.2. The monoisotopic (exact) mass is 223 g/mol. The molecule has 2 nitrogen and oxygen atoms in total. The molecule has 0 aromatic heterocycles. The predicted molar refractivity (Wildman–Crippen MR) is 68.1 cm³/mol. The van der Waals surface area contributed by atoms with Gasteiger partial charge in [-0.2, -0.15) is 0 Å². The lowest BCUT2D eigenvalue weighted by molar-refractivity contribution is -0.0417. The average Bonchev–Trinajstić information content (AvgIpc) is 2.26. The summed E-state index contributed by atoms with van der Waals surface area (Å²) >= 11 is 0. The maximum atomic E-state index is 10.4. The van der Waals surface area contributed by atoms with Crippen LogP contribution >= 0.6 is 0 Å². The minimum atomic E-state index is -0.286. The van der Waals surface area contributed by atoms with E-state index in [4.69, 9.17) is 6.42 Å². The van der Waals surface area contributed by atoms with Crippen LogP contribution in [0.15, 0.2) is 0 Å². The standard InChI is InChI=1S/C14H25NO/c1-5-6-7-13(16)14(15(3)4)10-8-12(2)9-11-14/h1,12-13,16H,6-11H2,2-4H3. The number of nitrogens with zero attached hydrogens (tertiary/aromatic N) is 1. The highest BCUT2D eigenvalue weighted by atomic mass is 16.3. The van der Waals surface area contributed by atoms with Gasteiger partial charge in [0.15, 0.2) is 0 Å². The molecule has 0 amide bonds. The van der Waals surface area contributed by atoms with Crippen molar-refractivity contribution < 1.29 is 5.11 Å². The number of likely N-dealkylation sites (N-methyl/N-ethyl adjacent to an activating group) is 1. The van der Waals surface area contributed by atoms with Crippen molar-refractivity contribution in [3.8, 4) is 12.3 Å². The molecular formula is C14H25NO. The van der Waals surface area contributed by atoms with Crippen molar-refractivity contribution in [3.05, 3.63) is 0 Å². The van der Waals surface area contributed by atoms with Gasteiger partial charge < -0.3 is 10.0 Å². The van der Waals surface area contributed by atoms with Crippen LogP contribution in [-0.2, 0) is 0 Å². The fourth-order valence-electron chi connectivity index (χ4n) is 2.83. The lowest BCUT2D eigenvalue weighted by Gasteiger charge is -2.47. The van der Waals surface area contributed by atoms with Crippen molar-refractivity contribution in [1.29, 1.82) is 0 Å². The van der Waals surface area contributed by atoms with Gasteiger partial charge in [-0.3, -0.25) is 0 Å². The second-order valence-corrected chi connectivity index (χ2v) is 5.44. The van der Waals surface area contributed by atoms with Crippen LogP contribution in [0.5, 0.6) is 0 Å². The lowest BCUT2D eigenvalue weighted by atomic mass is 9.72. The first-order valence-corrected chi connectivity index (χ1v) is 6.32. The number of aliphatic hydroxyl groups excluding tert-OH is 1. The van der Waals surface area contributed by atoms with Crippen molar-refractivity contribution in [2.45, 2.75) is 57.1 Å². The Bertz CT molecular complexity index is 246. The maximum Gasteiger partial charge on any atom is 0.0732 e. The van der Waals surface area contributed by atoms with Gasteiger partial charge in [-0.15, -0.1) is 12.3 Å². The van der Waals surface area contributed by atoms with Crippen LogP contribution in [0, 0.1) is 18.3 Å². The molecule has 0 saturated heterocycles. The summed E-state index contributed by atoms with van der Waals surface area (Å²) in [5, 5.41) is 10.4. The molecule has 1 unspecified atom stereocenters. The molecule has 0 aromatic carbocycles. The largest absolute Gasteiger partial charge is 0.391 e. The normalized spacial score (nSPS) is 32.4. The lowest BCUT2D eigenvalue weighted by Crippen LogP contribution is -2.55. The van der Waals surface area contributed by atoms with E-state index >= 15 is 0 Å². The molecule has 0 bridgehead atoms. The number of aliphatic hydroxyl groups is 1. The molecule has 1 saturated carbocycles. The average molecular weight is 223 g/mol. The van der Waals surface area contributed by atoms with E-state index in [-0.39, 0.29) is 11.6 Å². The van der Waals surface area contributed by atoms with Crippen LogP contribution in [0.25, 0.3) is 0 Å². The third-order valence-electron chi connectivity index (χ3n) is 4.21. The highest BCUT2D eigenvalue weighted by Crippen LogP contribution is 2.38. The van der Waals surface area contributed by atoms with Crippen molar-refractivity contribution >= 4 is 0 Å². The molecule has 0 spiro atoms. The molecule has 2 heteroatoms. The zero-order valence-electron chi connectivity index (χ0n) is 10.9. The summed E-state index contributed by atoms with van der Waals surface area (Å²) in [6.07, 6.45) is 11.0. The molecule has 1 aliphatic carbocycles. The minimum Gasteiger partial charge on any atom is -0.391 e. The van der Waals surface area contributed by atoms with Crippen molar-refractivity contribution in [1.82, 2.24) is 4.90 Å². The molecule has 16 heavy (non-hydrogen) atoms. The Kier molecular flexibility index (Phi) is 4.83. The smallest absolute Gasteiger partial charge is 0.0732 e. The maximum absolute atomic E-state index is 10.4. The van der Waals surface area contributed by atoms with Crippen LogP contribution in [0.2, 0.25) is 0 Å². The molecule has 0 aliphatic heterocycles. The van der Waals surface area contributed by atoms with Crippen LogP contribution in [0.3, 0.4) is 0 Å². The third-order valence-corrected chi connectivity index (χ3v) is 4.21. The molecule has 1 fully saturated rings. The van der Waals surface area contributed by atoms with Gasteiger partial charge in [-0.05, 0) is 52.1 Å². The van der Waals surface area contributed by atoms with E-state index < -0.39 is 0 Å². The number of hydrogen-bond donors (Lipinski definition) is 1. The van der Waals surface area contributed by atoms with Gasteiger partial charge in [0.1, 0.15) is 0 Å². The minimum absolute atomic E-state index is 0.0383. The number of terminal acetylenes is 1. The fraction of sp³-hybridized carbons (Fsp3) is 0.857. The van der Waals surface area contributed by atoms with E-state index in [1.54, 1.807) is 0 Å². The van der Waals surface area contributed by atoms with Gasteiger partial charge in [0.2, 0.25) is 0 Å². The van der Waals surface area contributed by atoms with Crippen LogP contribution in [0.1, 0.15) is 45.4 Å². The summed E-state index contributed by atoms with van der Waals surface area (Å²) in [6.45, 7) is 2.30. The summed E-state index contributed by atoms with van der Waals surface area (Å²) in [5.74, 6) is 3.42. The Labute approximate surface area is 100 Å². The summed E-state index contributed by atoms with van der Waals surface area (Å²) in [7, 11) is 4.16. The molecule has 1 N–H and O–H groups in total. The molecule has 1 aliphatic rings. The van der Waals surface area contributed by atoms with Gasteiger partial charge in [-0.25, -0.2) is 0 Å². The molecule has 1 atom stereocenters. The van der Waals surface area contributed by atoms with E-state index in [1.165, 1.54) is 12.8 Å². The Hall–Kier alpha value is -0.520. The fourth-order valence-corrected chi connectivity index (χ4v) is 2.83. The van der Waals surface area contributed by atoms with Crippen LogP contribution < -0.4 is 0 Å². The van der Waals surface area contributed by atoms with E-state index in [0.717, 1.165) is 25.2 Å². The Morgan fingerprint density at radius 1 is 1.44 bits per heavy atom. The summed E-state index contributed by atoms with van der Waals surface area (Å²) in [4.78, 5) is 2.21. The molecular weight excluding hydrogens is 198 g/mol. The highest BCUT2D eigenvalue weighted by molar-refractivity contribution is 4.99. The second-order valence-electron chi connectivity index (χ2n) is 5.44. The van der Waals surface area contributed by atoms with Gasteiger partial charge in [0.05, 0.1) is 6.10 Å². The summed E-state index contributed by atoms with van der Waals surface area (Å²) in [6, 6.07) is 0. The molecule has 92 valence electrons. The zero-order valence-corrected chi connectivity index (χ0v) is 10.9. The van der Waals surface area contributed by atoms with E-state index in [9.17, 15) is 5.11 Å². The quantitative estimate of drug-likeness (QED) is 0.739. The Morgan fingerprint density at radius 3 is 2.44 bits per heavy atom. The molecule has 1 rings (SSSR count). The van der Waals surface area contributed by atoms with Crippen LogP contribution in [0.4, 0.5) is 0 Å². The first-order chi connectivity index (χ1) is 7.53. The Balaban J connectivity index is 2.69. The van der Waals surface area contributed by atoms with Crippen LogP contribution in [-0.4, -0.2) is 35.7 Å². The molecule has 0 radical (unpaired) electrons. The SMILES string of the molecule is C#CCCC(O)C1(N(C)C)CCC(C)CC1. The van der Waals surface area contributed by atoms with E-state index in [2.05, 4.69) is 31.8 Å². The van der Waals surface area contributed by atoms with E-state index in [1.807, 2.05) is 0 Å². The van der Waals surface area contributed by atoms with Crippen molar-refractivity contribution in [3.63, 3.8) is 0 Å². The predicted octanol–water partition coefficient (Wildman–Crippen LogP) is 2.27. The van der Waals surface area contributed by atoms with Gasteiger partial charge >= 0.3 is 0 Å². The summed E-state index contributed by atoms with van der Waals surface area (Å²) in [5.41, 5.74) is -0.0383. The Morgan fingerprint density at radius 2 is 2.00 bits per heavy atom. The van der Waals surface area contributed by atoms with Crippen molar-refractivity contribution in [2.24, 2.45) is 5.92 Å². The molecule has 0 aromatic rings. The first kappa shape index (κ1) is 13.5. The van der Waals surface area contributed by atoms with E-state index in [0.29, 0.717) is 6.42 Å². The van der Waals surface area contributed by atoms with Gasteiger partial charge in [-0.1, -0.05) is 6.92 Å². The first-order valence-electron chi connectivity index (χ1n) is 6.32. The third kappa shape index (κ3) is 2.78. The van der Waals surface area contributed by atoms with Gasteiger partial charge in [0.25, 0.3) is 0 Å². The number of rotatable bonds is 4.